The number of rotatable bonds is 8. The number of carbonyl (C=O) groups excluding carboxylic acids is 2. The van der Waals surface area contributed by atoms with Crippen LogP contribution in [0.3, 0.4) is 0 Å². The van der Waals surface area contributed by atoms with Crippen LogP contribution in [0.15, 0.2) is 78.9 Å². The van der Waals surface area contributed by atoms with E-state index in [1.807, 2.05) is 18.2 Å². The highest BCUT2D eigenvalue weighted by Crippen LogP contribution is 2.28. The Labute approximate surface area is 199 Å². The summed E-state index contributed by atoms with van der Waals surface area (Å²) >= 11 is 0. The zero-order valence-electron chi connectivity index (χ0n) is 18.6. The molecule has 4 aromatic rings. The van der Waals surface area contributed by atoms with Gasteiger partial charge in [0.1, 0.15) is 5.69 Å². The molecule has 1 N–H and O–H groups in total. The van der Waals surface area contributed by atoms with Crippen molar-refractivity contribution in [3.8, 4) is 11.4 Å². The Morgan fingerprint density at radius 2 is 1.74 bits per heavy atom. The number of hydrogen-bond acceptors (Lipinski definition) is 8. The molecule has 0 spiro atoms. The number of esters is 1. The Morgan fingerprint density at radius 3 is 2.43 bits per heavy atom. The third-order valence-electron chi connectivity index (χ3n) is 4.95. The van der Waals surface area contributed by atoms with E-state index in [1.165, 1.54) is 12.1 Å². The molecule has 1 unspecified atom stereocenters. The highest BCUT2D eigenvalue weighted by atomic mass is 16.6. The Bertz CT molecular complexity index is 1360. The predicted octanol–water partition coefficient (Wildman–Crippen LogP) is 3.48. The zero-order valence-corrected chi connectivity index (χ0v) is 18.6. The molecule has 176 valence electrons. The Kier molecular flexibility index (Phi) is 6.86. The molecule has 11 heteroatoms. The van der Waals surface area contributed by atoms with Crippen LogP contribution in [0.1, 0.15) is 17.2 Å². The van der Waals surface area contributed by atoms with Crippen LogP contribution < -0.4 is 5.32 Å². The third kappa shape index (κ3) is 5.71. The molecule has 4 rings (SSSR count). The van der Waals surface area contributed by atoms with Crippen molar-refractivity contribution < 1.29 is 19.2 Å². The van der Waals surface area contributed by atoms with E-state index in [9.17, 15) is 19.7 Å². The number of aryl methyl sites for hydroxylation is 1. The molecule has 0 aliphatic rings. The van der Waals surface area contributed by atoms with Crippen LogP contribution in [0, 0.1) is 17.0 Å². The quantitative estimate of drug-likeness (QED) is 0.233. The number of ether oxygens (including phenoxy) is 1. The molecule has 0 bridgehead atoms. The first-order valence-corrected chi connectivity index (χ1v) is 10.5. The number of aromatic nitrogens is 4. The zero-order chi connectivity index (χ0) is 24.8. The van der Waals surface area contributed by atoms with Crippen LogP contribution in [-0.4, -0.2) is 37.0 Å². The molecule has 0 saturated carbocycles. The van der Waals surface area contributed by atoms with E-state index >= 15 is 0 Å². The smallest absolute Gasteiger partial charge is 0.330 e. The molecule has 0 fully saturated rings. The van der Waals surface area contributed by atoms with Crippen LogP contribution in [0.4, 0.5) is 11.4 Å². The molecular formula is C24H20N6O5. The molecule has 1 atom stereocenters. The van der Waals surface area contributed by atoms with E-state index in [-0.39, 0.29) is 17.9 Å². The lowest BCUT2D eigenvalue weighted by molar-refractivity contribution is -0.384. The lowest BCUT2D eigenvalue weighted by atomic mass is 10.1. The van der Waals surface area contributed by atoms with Crippen molar-refractivity contribution in [2.45, 2.75) is 19.6 Å². The maximum Gasteiger partial charge on any atom is 0.330 e. The Balaban J connectivity index is 1.52. The first-order chi connectivity index (χ1) is 16.9. The van der Waals surface area contributed by atoms with Gasteiger partial charge in [-0.25, -0.2) is 4.79 Å². The fraction of sp³-hybridized carbons (Fsp3) is 0.125. The minimum Gasteiger partial charge on any atom is -0.446 e. The van der Waals surface area contributed by atoms with E-state index < -0.39 is 22.9 Å². The number of carbonyl (C=O) groups is 2. The number of nitrogens with one attached hydrogen (secondary N) is 1. The Hall–Kier alpha value is -4.93. The van der Waals surface area contributed by atoms with Crippen LogP contribution in [0.2, 0.25) is 0 Å². The molecular weight excluding hydrogens is 452 g/mol. The summed E-state index contributed by atoms with van der Waals surface area (Å²) in [5, 5.41) is 25.9. The summed E-state index contributed by atoms with van der Waals surface area (Å²) in [6, 6.07) is 21.9. The van der Waals surface area contributed by atoms with Crippen molar-refractivity contribution >= 4 is 23.3 Å². The molecule has 0 radical (unpaired) electrons. The average molecular weight is 472 g/mol. The highest BCUT2D eigenvalue weighted by Gasteiger charge is 2.28. The molecule has 3 aromatic carbocycles. The summed E-state index contributed by atoms with van der Waals surface area (Å²) < 4.78 is 5.46. The summed E-state index contributed by atoms with van der Waals surface area (Å²) in [5.41, 5.74) is 1.51. The minimum absolute atomic E-state index is 0.00646. The Morgan fingerprint density at radius 1 is 1.06 bits per heavy atom. The fourth-order valence-electron chi connectivity index (χ4n) is 3.29. The second-order valence-electron chi connectivity index (χ2n) is 7.56. The van der Waals surface area contributed by atoms with Gasteiger partial charge in [-0.05, 0) is 23.8 Å². The number of nitrogens with zero attached hydrogens (tertiary/aromatic N) is 5. The molecule has 1 heterocycles. The monoisotopic (exact) mass is 472 g/mol. The summed E-state index contributed by atoms with van der Waals surface area (Å²) in [5.74, 6) is -1.19. The second-order valence-corrected chi connectivity index (χ2v) is 7.56. The SMILES string of the molecule is Cc1ccc(NC(=O)C(OC(=O)Cn2nnc(-c3ccccc3)n2)c2ccccc2)c([N+](=O)[O-])c1. The molecule has 1 amide bonds. The number of nitro benzene ring substituents is 1. The fourth-order valence-corrected chi connectivity index (χ4v) is 3.29. The van der Waals surface area contributed by atoms with Crippen molar-refractivity contribution in [1.82, 2.24) is 20.2 Å². The molecule has 0 aliphatic carbocycles. The number of anilines is 1. The van der Waals surface area contributed by atoms with Gasteiger partial charge in [-0.3, -0.25) is 14.9 Å². The normalized spacial score (nSPS) is 11.5. The number of amides is 1. The predicted molar refractivity (Wildman–Crippen MR) is 125 cm³/mol. The summed E-state index contributed by atoms with van der Waals surface area (Å²) in [7, 11) is 0. The molecule has 11 nitrogen and oxygen atoms in total. The first-order valence-electron chi connectivity index (χ1n) is 10.5. The summed E-state index contributed by atoms with van der Waals surface area (Å²) in [6.45, 7) is 1.32. The van der Waals surface area contributed by atoms with E-state index in [0.717, 1.165) is 10.4 Å². The van der Waals surface area contributed by atoms with Crippen LogP contribution in [0.25, 0.3) is 11.4 Å². The van der Waals surface area contributed by atoms with E-state index in [1.54, 1.807) is 55.5 Å². The molecule has 0 aliphatic heterocycles. The maximum atomic E-state index is 13.1. The maximum absolute atomic E-state index is 13.1. The van der Waals surface area contributed by atoms with Crippen molar-refractivity contribution in [3.63, 3.8) is 0 Å². The van der Waals surface area contributed by atoms with E-state index in [0.29, 0.717) is 17.0 Å². The van der Waals surface area contributed by atoms with Gasteiger partial charge in [0.25, 0.3) is 11.6 Å². The van der Waals surface area contributed by atoms with Crippen molar-refractivity contribution in [2.75, 3.05) is 5.32 Å². The van der Waals surface area contributed by atoms with Crippen molar-refractivity contribution in [2.24, 2.45) is 0 Å². The minimum atomic E-state index is -1.36. The average Bonchev–Trinajstić information content (AvgIpc) is 3.33. The lowest BCUT2D eigenvalue weighted by Crippen LogP contribution is -2.28. The molecule has 35 heavy (non-hydrogen) atoms. The van der Waals surface area contributed by atoms with Gasteiger partial charge in [0.2, 0.25) is 11.9 Å². The molecule has 1 aromatic heterocycles. The highest BCUT2D eigenvalue weighted by molar-refractivity contribution is 5.97. The second kappa shape index (κ2) is 10.3. The van der Waals surface area contributed by atoms with E-state index in [2.05, 4.69) is 20.7 Å². The van der Waals surface area contributed by atoms with Crippen molar-refractivity contribution in [3.05, 3.63) is 100 Å². The molecule has 0 saturated heterocycles. The number of hydrogen-bond donors (Lipinski definition) is 1. The van der Waals surface area contributed by atoms with Gasteiger partial charge in [0, 0.05) is 17.2 Å². The van der Waals surface area contributed by atoms with Crippen LogP contribution in [0.5, 0.6) is 0 Å². The van der Waals surface area contributed by atoms with Gasteiger partial charge < -0.3 is 10.1 Å². The standard InChI is InChI=1S/C24H20N6O5/c1-16-12-13-19(20(14-16)30(33)34)25-24(32)22(17-8-4-2-5-9-17)35-21(31)15-29-27-23(26-28-29)18-10-6-3-7-11-18/h2-14,22H,15H2,1H3,(H,25,32). The number of benzene rings is 3. The van der Waals surface area contributed by atoms with Gasteiger partial charge in [-0.15, -0.1) is 10.2 Å². The van der Waals surface area contributed by atoms with Gasteiger partial charge in [0.05, 0.1) is 4.92 Å². The largest absolute Gasteiger partial charge is 0.446 e. The van der Waals surface area contributed by atoms with Crippen LogP contribution in [-0.2, 0) is 20.9 Å². The van der Waals surface area contributed by atoms with Gasteiger partial charge in [0.15, 0.2) is 6.54 Å². The lowest BCUT2D eigenvalue weighted by Gasteiger charge is -2.18. The summed E-state index contributed by atoms with van der Waals surface area (Å²) in [4.78, 5) is 37.7. The van der Waals surface area contributed by atoms with Gasteiger partial charge >= 0.3 is 5.97 Å². The number of tetrazole rings is 1. The number of nitro groups is 1. The van der Waals surface area contributed by atoms with Crippen LogP contribution >= 0.6 is 0 Å². The topological polar surface area (TPSA) is 142 Å². The van der Waals surface area contributed by atoms with Gasteiger partial charge in [-0.1, -0.05) is 66.7 Å². The first kappa shape index (κ1) is 23.2. The summed E-state index contributed by atoms with van der Waals surface area (Å²) in [6.07, 6.45) is -1.36. The van der Waals surface area contributed by atoms with Gasteiger partial charge in [-0.2, -0.15) is 4.80 Å². The third-order valence-corrected chi connectivity index (χ3v) is 4.95. The van der Waals surface area contributed by atoms with E-state index in [4.69, 9.17) is 4.74 Å². The van der Waals surface area contributed by atoms with Crippen molar-refractivity contribution in [1.29, 1.82) is 0 Å².